The molecule has 0 bridgehead atoms. The van der Waals surface area contributed by atoms with Gasteiger partial charge in [0.15, 0.2) is 0 Å². The van der Waals surface area contributed by atoms with Crippen LogP contribution in [0.4, 0.5) is 18.9 Å². The maximum absolute atomic E-state index is 13.8. The van der Waals surface area contributed by atoms with Crippen molar-refractivity contribution in [1.29, 1.82) is 0 Å². The first-order valence-electron chi connectivity index (χ1n) is 11.2. The molecule has 0 fully saturated rings. The van der Waals surface area contributed by atoms with Gasteiger partial charge in [0.05, 0.1) is 16.9 Å². The second-order valence-corrected chi connectivity index (χ2v) is 8.40. The largest absolute Gasteiger partial charge is 0.389 e. The number of hydrogen-bond donors (Lipinski definition) is 0. The van der Waals surface area contributed by atoms with Gasteiger partial charge in [-0.2, -0.15) is 13.2 Å². The minimum Gasteiger partial charge on any atom is -0.375 e. The van der Waals surface area contributed by atoms with Gasteiger partial charge >= 0.3 is 6.18 Å². The highest BCUT2D eigenvalue weighted by atomic mass is 19.4. The van der Waals surface area contributed by atoms with Crippen LogP contribution in [0, 0.1) is 6.92 Å². The summed E-state index contributed by atoms with van der Waals surface area (Å²) in [6.45, 7) is 2.05. The minimum atomic E-state index is -4.18. The van der Waals surface area contributed by atoms with E-state index in [1.165, 1.54) is 0 Å². The lowest BCUT2D eigenvalue weighted by Crippen LogP contribution is -2.30. The average molecular weight is 466 g/mol. The number of fused-ring (bicyclic) bond motifs is 1. The van der Waals surface area contributed by atoms with E-state index in [9.17, 15) is 18.0 Å². The molecular weight excluding hydrogens is 439 g/mol. The quantitative estimate of drug-likeness (QED) is 0.330. The Morgan fingerprint density at radius 3 is 2.09 bits per heavy atom. The van der Waals surface area contributed by atoms with Crippen LogP contribution < -0.4 is 10.5 Å². The van der Waals surface area contributed by atoms with Crippen LogP contribution in [0.5, 0.6) is 0 Å². The summed E-state index contributed by atoms with van der Waals surface area (Å²) < 4.78 is 39.3. The second-order valence-electron chi connectivity index (χ2n) is 8.40. The molecule has 0 spiro atoms. The highest BCUT2D eigenvalue weighted by Gasteiger charge is 2.26. The molecule has 0 saturated heterocycles. The fourth-order valence-corrected chi connectivity index (χ4v) is 4.25. The molecule has 0 aliphatic rings. The highest BCUT2D eigenvalue weighted by Crippen LogP contribution is 2.28. The van der Waals surface area contributed by atoms with Crippen LogP contribution in [0.2, 0.25) is 0 Å². The summed E-state index contributed by atoms with van der Waals surface area (Å²) in [6, 6.07) is 24.5. The molecule has 176 valence electrons. The smallest absolute Gasteiger partial charge is 0.375 e. The number of halogens is 3. The molecule has 0 N–H and O–H groups in total. The first-order chi connectivity index (χ1) is 16.2. The van der Waals surface area contributed by atoms with E-state index in [1.54, 1.807) is 34.7 Å². The van der Waals surface area contributed by atoms with Gasteiger partial charge in [0.1, 0.15) is 5.82 Å². The zero-order chi connectivity index (χ0) is 24.3. The SMILES string of the molecule is Cc1nc2ccc(N(C)CCCC(F)(F)F)cc2c(=O)n1C(c1ccccc1)c1ccccc1. The predicted octanol–water partition coefficient (Wildman–Crippen LogP) is 6.12. The Labute approximate surface area is 196 Å². The van der Waals surface area contributed by atoms with Gasteiger partial charge in [-0.05, 0) is 42.7 Å². The van der Waals surface area contributed by atoms with Crippen LogP contribution in [0.15, 0.2) is 83.7 Å². The summed E-state index contributed by atoms with van der Waals surface area (Å²) in [5.74, 6) is 0.585. The van der Waals surface area contributed by atoms with E-state index in [4.69, 9.17) is 4.98 Å². The first-order valence-corrected chi connectivity index (χ1v) is 11.2. The van der Waals surface area contributed by atoms with Crippen LogP contribution in [-0.2, 0) is 0 Å². The number of aryl methyl sites for hydroxylation is 1. The van der Waals surface area contributed by atoms with E-state index in [0.29, 0.717) is 22.4 Å². The molecule has 4 nitrogen and oxygen atoms in total. The molecular formula is C27H26F3N3O. The van der Waals surface area contributed by atoms with Gasteiger partial charge in [-0.3, -0.25) is 9.36 Å². The average Bonchev–Trinajstić information content (AvgIpc) is 2.82. The third-order valence-electron chi connectivity index (χ3n) is 5.94. The molecule has 34 heavy (non-hydrogen) atoms. The molecule has 7 heteroatoms. The van der Waals surface area contributed by atoms with Crippen LogP contribution in [0.25, 0.3) is 10.9 Å². The van der Waals surface area contributed by atoms with Crippen molar-refractivity contribution in [3.05, 3.63) is 106 Å². The number of hydrogen-bond acceptors (Lipinski definition) is 3. The van der Waals surface area contributed by atoms with Gasteiger partial charge in [0.2, 0.25) is 0 Å². The third-order valence-corrected chi connectivity index (χ3v) is 5.94. The zero-order valence-electron chi connectivity index (χ0n) is 19.1. The Kier molecular flexibility index (Phi) is 6.72. The van der Waals surface area contributed by atoms with Crippen LogP contribution in [0.1, 0.15) is 35.8 Å². The summed E-state index contributed by atoms with van der Waals surface area (Å²) in [7, 11) is 1.73. The number of aromatic nitrogens is 2. The van der Waals surface area contributed by atoms with Crippen molar-refractivity contribution in [3.63, 3.8) is 0 Å². The van der Waals surface area contributed by atoms with Gasteiger partial charge in [0.25, 0.3) is 5.56 Å². The Morgan fingerprint density at radius 1 is 0.941 bits per heavy atom. The Morgan fingerprint density at radius 2 is 1.53 bits per heavy atom. The van der Waals surface area contributed by atoms with Crippen LogP contribution in [-0.4, -0.2) is 29.3 Å². The predicted molar refractivity (Wildman–Crippen MR) is 129 cm³/mol. The summed E-state index contributed by atoms with van der Waals surface area (Å²) in [5.41, 5.74) is 2.97. The van der Waals surface area contributed by atoms with Crippen molar-refractivity contribution in [3.8, 4) is 0 Å². The molecule has 1 heterocycles. The standard InChI is InChI=1S/C27H26F3N3O/c1-19-31-24-15-14-22(32(2)17-9-16-27(28,29)30)18-23(24)26(34)33(19)25(20-10-5-3-6-11-20)21-12-7-4-8-13-21/h3-8,10-15,18,25H,9,16-17H2,1-2H3. The fraction of sp³-hybridized carbons (Fsp3) is 0.259. The lowest BCUT2D eigenvalue weighted by atomic mass is 9.98. The van der Waals surface area contributed by atoms with E-state index in [0.717, 1.165) is 11.1 Å². The molecule has 0 atom stereocenters. The van der Waals surface area contributed by atoms with Gasteiger partial charge in [0, 0.05) is 25.7 Å². The highest BCUT2D eigenvalue weighted by molar-refractivity contribution is 5.82. The van der Waals surface area contributed by atoms with Gasteiger partial charge in [-0.25, -0.2) is 4.98 Å². The molecule has 0 aliphatic carbocycles. The van der Waals surface area contributed by atoms with Crippen molar-refractivity contribution < 1.29 is 13.2 Å². The monoisotopic (exact) mass is 465 g/mol. The van der Waals surface area contributed by atoms with Gasteiger partial charge in [-0.15, -0.1) is 0 Å². The lowest BCUT2D eigenvalue weighted by molar-refractivity contribution is -0.135. The van der Waals surface area contributed by atoms with Crippen molar-refractivity contribution in [2.24, 2.45) is 0 Å². The lowest BCUT2D eigenvalue weighted by Gasteiger charge is -2.24. The first kappa shape index (κ1) is 23.5. The molecule has 0 unspecified atom stereocenters. The molecule has 0 amide bonds. The fourth-order valence-electron chi connectivity index (χ4n) is 4.25. The zero-order valence-corrected chi connectivity index (χ0v) is 19.1. The van der Waals surface area contributed by atoms with E-state index in [2.05, 4.69) is 0 Å². The summed E-state index contributed by atoms with van der Waals surface area (Å²) >= 11 is 0. The molecule has 0 aliphatic heterocycles. The number of benzene rings is 3. The number of nitrogens with zero attached hydrogens (tertiary/aromatic N) is 3. The maximum atomic E-state index is 13.8. The van der Waals surface area contributed by atoms with Crippen molar-refractivity contribution in [2.45, 2.75) is 32.0 Å². The second kappa shape index (κ2) is 9.71. The van der Waals surface area contributed by atoms with Crippen molar-refractivity contribution >= 4 is 16.6 Å². The van der Waals surface area contributed by atoms with E-state index in [-0.39, 0.29) is 24.6 Å². The topological polar surface area (TPSA) is 38.1 Å². The number of alkyl halides is 3. The van der Waals surface area contributed by atoms with Gasteiger partial charge in [-0.1, -0.05) is 60.7 Å². The normalized spacial score (nSPS) is 11.8. The molecule has 3 aromatic carbocycles. The molecule has 1 aromatic heterocycles. The Bertz CT molecular complexity index is 1280. The third kappa shape index (κ3) is 5.14. The summed E-state index contributed by atoms with van der Waals surface area (Å²) in [6.07, 6.45) is -5.03. The number of rotatable bonds is 7. The van der Waals surface area contributed by atoms with Gasteiger partial charge < -0.3 is 4.90 Å². The maximum Gasteiger partial charge on any atom is 0.389 e. The van der Waals surface area contributed by atoms with Crippen LogP contribution in [0.3, 0.4) is 0 Å². The Hall–Kier alpha value is -3.61. The van der Waals surface area contributed by atoms with Crippen molar-refractivity contribution in [2.75, 3.05) is 18.5 Å². The summed E-state index contributed by atoms with van der Waals surface area (Å²) in [4.78, 5) is 20.2. The summed E-state index contributed by atoms with van der Waals surface area (Å²) in [5, 5.41) is 0.433. The van der Waals surface area contributed by atoms with E-state index >= 15 is 0 Å². The molecule has 4 rings (SSSR count). The molecule has 4 aromatic rings. The van der Waals surface area contributed by atoms with E-state index in [1.807, 2.05) is 67.6 Å². The number of anilines is 1. The molecule has 0 radical (unpaired) electrons. The Balaban J connectivity index is 1.79. The van der Waals surface area contributed by atoms with Crippen molar-refractivity contribution in [1.82, 2.24) is 9.55 Å². The molecule has 0 saturated carbocycles. The van der Waals surface area contributed by atoms with E-state index < -0.39 is 12.6 Å². The van der Waals surface area contributed by atoms with Crippen LogP contribution >= 0.6 is 0 Å². The minimum absolute atomic E-state index is 0.0154.